The summed E-state index contributed by atoms with van der Waals surface area (Å²) >= 11 is 17.3. The first-order valence-electron chi connectivity index (χ1n) is 4.17. The van der Waals surface area contributed by atoms with E-state index < -0.39 is 12.0 Å². The fourth-order valence-corrected chi connectivity index (χ4v) is 1.84. The first-order valence-corrected chi connectivity index (χ1v) is 5.31. The lowest BCUT2D eigenvalue weighted by atomic mass is 10.3. The Bertz CT molecular complexity index is 388. The summed E-state index contributed by atoms with van der Waals surface area (Å²) in [5, 5.41) is 9.32. The van der Waals surface area contributed by atoms with Gasteiger partial charge in [0.25, 0.3) is 0 Å². The van der Waals surface area contributed by atoms with Crippen molar-refractivity contribution in [1.29, 1.82) is 0 Å². The van der Waals surface area contributed by atoms with E-state index in [0.29, 0.717) is 5.02 Å². The molecule has 0 heterocycles. The van der Waals surface area contributed by atoms with Crippen molar-refractivity contribution in [1.82, 2.24) is 0 Å². The molecular weight excluding hydrogens is 276 g/mol. The first kappa shape index (κ1) is 13.4. The number of carbonyl (C=O) groups is 1. The minimum Gasteiger partial charge on any atom is -0.488 e. The largest absolute Gasteiger partial charge is 0.488 e. The van der Waals surface area contributed by atoms with E-state index in [0.717, 1.165) is 0 Å². The van der Waals surface area contributed by atoms with Gasteiger partial charge in [-0.05, 0) is 12.1 Å². The van der Waals surface area contributed by atoms with Crippen LogP contribution in [0.15, 0.2) is 12.1 Å². The molecule has 0 spiro atoms. The maximum Gasteiger partial charge on any atom is 0.324 e. The molecule has 1 aromatic carbocycles. The molecule has 0 saturated heterocycles. The molecule has 0 aliphatic heterocycles. The highest BCUT2D eigenvalue weighted by Gasteiger charge is 2.15. The third-order valence-electron chi connectivity index (χ3n) is 1.69. The second kappa shape index (κ2) is 5.59. The minimum atomic E-state index is -1.17. The van der Waals surface area contributed by atoms with E-state index >= 15 is 0 Å². The van der Waals surface area contributed by atoms with E-state index in [4.69, 9.17) is 50.4 Å². The smallest absolute Gasteiger partial charge is 0.324 e. The summed E-state index contributed by atoms with van der Waals surface area (Å²) in [6, 6.07) is 1.75. The fourth-order valence-electron chi connectivity index (χ4n) is 0.911. The zero-order chi connectivity index (χ0) is 12.3. The van der Waals surface area contributed by atoms with Crippen LogP contribution < -0.4 is 10.5 Å². The quantitative estimate of drug-likeness (QED) is 0.890. The maximum atomic E-state index is 10.5. The predicted octanol–water partition coefficient (Wildman–Crippen LogP) is 2.44. The van der Waals surface area contributed by atoms with Crippen molar-refractivity contribution >= 4 is 40.8 Å². The molecule has 0 amide bonds. The number of ether oxygens (including phenoxy) is 1. The molecule has 88 valence electrons. The molecular formula is C9H8Cl3NO3. The molecule has 3 N–H and O–H groups in total. The van der Waals surface area contributed by atoms with Crippen LogP contribution in [0, 0.1) is 0 Å². The van der Waals surface area contributed by atoms with E-state index in [2.05, 4.69) is 0 Å². The van der Waals surface area contributed by atoms with Gasteiger partial charge in [0, 0.05) is 5.02 Å². The number of aliphatic carboxylic acids is 1. The van der Waals surface area contributed by atoms with E-state index in [-0.39, 0.29) is 22.4 Å². The summed E-state index contributed by atoms with van der Waals surface area (Å²) in [4.78, 5) is 10.5. The number of hydrogen-bond acceptors (Lipinski definition) is 3. The molecule has 0 bridgehead atoms. The van der Waals surface area contributed by atoms with Gasteiger partial charge in [-0.25, -0.2) is 0 Å². The summed E-state index contributed by atoms with van der Waals surface area (Å²) in [6.45, 7) is -0.226. The normalized spacial score (nSPS) is 12.2. The lowest BCUT2D eigenvalue weighted by Crippen LogP contribution is -2.36. The van der Waals surface area contributed by atoms with Crippen molar-refractivity contribution in [2.24, 2.45) is 5.73 Å². The maximum absolute atomic E-state index is 10.5. The highest BCUT2D eigenvalue weighted by molar-refractivity contribution is 6.40. The Morgan fingerprint density at radius 3 is 2.31 bits per heavy atom. The van der Waals surface area contributed by atoms with Crippen molar-refractivity contribution in [3.05, 3.63) is 27.2 Å². The lowest BCUT2D eigenvalue weighted by Gasteiger charge is -2.12. The highest BCUT2D eigenvalue weighted by atomic mass is 35.5. The van der Waals surface area contributed by atoms with Crippen LogP contribution in [-0.2, 0) is 4.79 Å². The Morgan fingerprint density at radius 2 is 1.88 bits per heavy atom. The van der Waals surface area contributed by atoms with Crippen LogP contribution in [0.1, 0.15) is 0 Å². The first-order chi connectivity index (χ1) is 7.41. The Balaban J connectivity index is 2.78. The molecule has 16 heavy (non-hydrogen) atoms. The van der Waals surface area contributed by atoms with Crippen LogP contribution in [0.3, 0.4) is 0 Å². The van der Waals surface area contributed by atoms with Crippen molar-refractivity contribution < 1.29 is 14.6 Å². The van der Waals surface area contributed by atoms with Crippen molar-refractivity contribution in [3.8, 4) is 5.75 Å². The average Bonchev–Trinajstić information content (AvgIpc) is 2.15. The number of carboxylic acids is 1. The van der Waals surface area contributed by atoms with Gasteiger partial charge in [-0.15, -0.1) is 0 Å². The number of nitrogens with two attached hydrogens (primary N) is 1. The van der Waals surface area contributed by atoms with Crippen molar-refractivity contribution in [2.45, 2.75) is 6.04 Å². The van der Waals surface area contributed by atoms with Crippen molar-refractivity contribution in [3.63, 3.8) is 0 Å². The lowest BCUT2D eigenvalue weighted by molar-refractivity contribution is -0.139. The highest BCUT2D eigenvalue weighted by Crippen LogP contribution is 2.35. The van der Waals surface area contributed by atoms with Gasteiger partial charge < -0.3 is 15.6 Å². The molecule has 0 radical (unpaired) electrons. The van der Waals surface area contributed by atoms with Gasteiger partial charge >= 0.3 is 5.97 Å². The molecule has 0 fully saturated rings. The standard InChI is InChI=1S/C9H8Cl3NO3/c10-4-1-5(11)8(6(12)2-4)16-3-7(13)9(14)15/h1-2,7H,3,13H2,(H,14,15). The number of rotatable bonds is 4. The summed E-state index contributed by atoms with van der Waals surface area (Å²) in [5.41, 5.74) is 5.26. The molecule has 0 saturated carbocycles. The monoisotopic (exact) mass is 283 g/mol. The van der Waals surface area contributed by atoms with Crippen LogP contribution in [0.5, 0.6) is 5.75 Å². The molecule has 1 rings (SSSR count). The Labute approximate surface area is 107 Å². The molecule has 1 unspecified atom stereocenters. The molecule has 4 nitrogen and oxygen atoms in total. The SMILES string of the molecule is NC(COc1c(Cl)cc(Cl)cc1Cl)C(=O)O. The molecule has 0 aliphatic rings. The van der Waals surface area contributed by atoms with Gasteiger partial charge in [-0.3, -0.25) is 4.79 Å². The topological polar surface area (TPSA) is 72.5 Å². The molecule has 7 heteroatoms. The van der Waals surface area contributed by atoms with Gasteiger partial charge in [0.1, 0.15) is 12.6 Å². The van der Waals surface area contributed by atoms with E-state index in [1.807, 2.05) is 0 Å². The van der Waals surface area contributed by atoms with Crippen LogP contribution >= 0.6 is 34.8 Å². The van der Waals surface area contributed by atoms with E-state index in [9.17, 15) is 4.79 Å². The van der Waals surface area contributed by atoms with Crippen molar-refractivity contribution in [2.75, 3.05) is 6.61 Å². The Kier molecular flexibility index (Phi) is 4.68. The number of carboxylic acid groups (broad SMARTS) is 1. The van der Waals surface area contributed by atoms with Crippen LogP contribution in [0.2, 0.25) is 15.1 Å². The predicted molar refractivity (Wildman–Crippen MR) is 62.6 cm³/mol. The second-order valence-corrected chi connectivity index (χ2v) is 4.21. The summed E-state index contributed by atoms with van der Waals surface area (Å²) in [5.74, 6) is -0.995. The fraction of sp³-hybridized carbons (Fsp3) is 0.222. The number of halogens is 3. The van der Waals surface area contributed by atoms with Crippen LogP contribution in [-0.4, -0.2) is 23.7 Å². The van der Waals surface area contributed by atoms with Gasteiger partial charge in [0.2, 0.25) is 0 Å². The van der Waals surface area contributed by atoms with Gasteiger partial charge in [-0.2, -0.15) is 0 Å². The van der Waals surface area contributed by atoms with Crippen LogP contribution in [0.4, 0.5) is 0 Å². The Morgan fingerprint density at radius 1 is 1.38 bits per heavy atom. The third-order valence-corrected chi connectivity index (χ3v) is 2.47. The summed E-state index contributed by atoms with van der Waals surface area (Å²) in [7, 11) is 0. The number of benzene rings is 1. The van der Waals surface area contributed by atoms with Gasteiger partial charge in [-0.1, -0.05) is 34.8 Å². The third kappa shape index (κ3) is 3.42. The zero-order valence-corrected chi connectivity index (χ0v) is 10.2. The molecule has 0 aliphatic carbocycles. The molecule has 0 aromatic heterocycles. The number of hydrogen-bond donors (Lipinski definition) is 2. The van der Waals surface area contributed by atoms with E-state index in [1.165, 1.54) is 12.1 Å². The minimum absolute atomic E-state index is 0.171. The Hall–Kier alpha value is -0.680. The van der Waals surface area contributed by atoms with Gasteiger partial charge in [0.05, 0.1) is 10.0 Å². The summed E-state index contributed by atoms with van der Waals surface area (Å²) in [6.07, 6.45) is 0. The second-order valence-electron chi connectivity index (χ2n) is 2.95. The van der Waals surface area contributed by atoms with Gasteiger partial charge in [0.15, 0.2) is 5.75 Å². The molecule has 1 aromatic rings. The van der Waals surface area contributed by atoms with E-state index in [1.54, 1.807) is 0 Å². The summed E-state index contributed by atoms with van der Waals surface area (Å²) < 4.78 is 5.12. The molecule has 1 atom stereocenters. The zero-order valence-electron chi connectivity index (χ0n) is 7.91. The van der Waals surface area contributed by atoms with Crippen LogP contribution in [0.25, 0.3) is 0 Å². The average molecular weight is 285 g/mol.